The molecule has 272 valence electrons. The maximum atomic E-state index is 15.0. The van der Waals surface area contributed by atoms with E-state index in [1.54, 1.807) is 13.2 Å². The molecule has 2 fully saturated rings. The standard InChI is InChI=1S/C39H55N5O5S/c1-8-29(9-2)42-19-21-43(22-20-42)38(46)39(4)25-44-34-23-28(37(45)40-50(47,48)41(5)6)15-17-32(34)35(27-13-11-10-12-14-27)36(44)31-18-16-30(49-7)24-33(31)26(39)3/h15-18,23-24,26-27,29H,8-14,19-22,25H2,1-7H3,(H,40,45). The minimum Gasteiger partial charge on any atom is -0.497 e. The van der Waals surface area contributed by atoms with Crippen LogP contribution in [0.5, 0.6) is 5.75 Å². The van der Waals surface area contributed by atoms with Gasteiger partial charge in [-0.1, -0.05) is 46.1 Å². The van der Waals surface area contributed by atoms with Crippen LogP contribution in [0.25, 0.3) is 22.2 Å². The first-order chi connectivity index (χ1) is 23.8. The van der Waals surface area contributed by atoms with Gasteiger partial charge < -0.3 is 14.2 Å². The maximum Gasteiger partial charge on any atom is 0.303 e. The summed E-state index contributed by atoms with van der Waals surface area (Å²) in [6.45, 7) is 12.3. The molecule has 1 N–H and O–H groups in total. The number of benzene rings is 2. The summed E-state index contributed by atoms with van der Waals surface area (Å²) in [6, 6.07) is 12.3. The van der Waals surface area contributed by atoms with Gasteiger partial charge >= 0.3 is 10.2 Å². The topological polar surface area (TPSA) is 104 Å². The largest absolute Gasteiger partial charge is 0.497 e. The molecule has 0 bridgehead atoms. The van der Waals surface area contributed by atoms with E-state index in [0.717, 1.165) is 89.4 Å². The number of aromatic nitrogens is 1. The van der Waals surface area contributed by atoms with Gasteiger partial charge in [0.15, 0.2) is 0 Å². The monoisotopic (exact) mass is 705 g/mol. The van der Waals surface area contributed by atoms with Crippen LogP contribution in [0.2, 0.25) is 0 Å². The Labute approximate surface area is 298 Å². The molecule has 3 aromatic rings. The number of nitrogens with zero attached hydrogens (tertiary/aromatic N) is 4. The average Bonchev–Trinajstić information content (AvgIpc) is 3.39. The molecule has 50 heavy (non-hydrogen) atoms. The summed E-state index contributed by atoms with van der Waals surface area (Å²) in [5, 5.41) is 1.06. The summed E-state index contributed by atoms with van der Waals surface area (Å²) in [5.41, 5.74) is 4.84. The van der Waals surface area contributed by atoms with Gasteiger partial charge in [0.1, 0.15) is 5.75 Å². The lowest BCUT2D eigenvalue weighted by Crippen LogP contribution is -2.56. The molecule has 1 saturated heterocycles. The molecule has 2 aromatic carbocycles. The normalized spacial score (nSPS) is 22.0. The summed E-state index contributed by atoms with van der Waals surface area (Å²) in [4.78, 5) is 33.0. The highest BCUT2D eigenvalue weighted by Crippen LogP contribution is 2.53. The van der Waals surface area contributed by atoms with Gasteiger partial charge in [0.2, 0.25) is 5.91 Å². The van der Waals surface area contributed by atoms with Crippen molar-refractivity contribution in [1.29, 1.82) is 0 Å². The lowest BCUT2D eigenvalue weighted by atomic mass is 9.72. The molecule has 2 unspecified atom stereocenters. The van der Waals surface area contributed by atoms with Crippen molar-refractivity contribution in [2.45, 2.75) is 97.1 Å². The summed E-state index contributed by atoms with van der Waals surface area (Å²) in [6.07, 6.45) is 7.89. The molecular formula is C39H55N5O5S. The highest BCUT2D eigenvalue weighted by molar-refractivity contribution is 7.87. The van der Waals surface area contributed by atoms with Crippen LogP contribution in [-0.4, -0.2) is 92.3 Å². The van der Waals surface area contributed by atoms with E-state index < -0.39 is 21.5 Å². The van der Waals surface area contributed by atoms with Gasteiger partial charge in [0.25, 0.3) is 5.91 Å². The zero-order valence-corrected chi connectivity index (χ0v) is 31.7. The Hall–Kier alpha value is -3.41. The first-order valence-corrected chi connectivity index (χ1v) is 19.9. The highest BCUT2D eigenvalue weighted by atomic mass is 32.2. The maximum absolute atomic E-state index is 15.0. The van der Waals surface area contributed by atoms with E-state index in [-0.39, 0.29) is 17.4 Å². The van der Waals surface area contributed by atoms with E-state index in [2.05, 4.69) is 58.9 Å². The van der Waals surface area contributed by atoms with Crippen LogP contribution < -0.4 is 9.46 Å². The van der Waals surface area contributed by atoms with Crippen LogP contribution in [0.3, 0.4) is 0 Å². The highest BCUT2D eigenvalue weighted by Gasteiger charge is 2.47. The van der Waals surface area contributed by atoms with E-state index in [4.69, 9.17) is 4.74 Å². The third kappa shape index (κ3) is 6.45. The van der Waals surface area contributed by atoms with Crippen molar-refractivity contribution in [2.75, 3.05) is 47.4 Å². The van der Waals surface area contributed by atoms with E-state index in [9.17, 15) is 18.0 Å². The van der Waals surface area contributed by atoms with Crippen LogP contribution in [-0.2, 0) is 21.5 Å². The number of hydrogen-bond donors (Lipinski definition) is 1. The summed E-state index contributed by atoms with van der Waals surface area (Å²) < 4.78 is 36.5. The number of amides is 2. The number of ether oxygens (including phenoxy) is 1. The van der Waals surface area contributed by atoms with Gasteiger partial charge in [-0.25, -0.2) is 4.72 Å². The van der Waals surface area contributed by atoms with E-state index in [0.29, 0.717) is 31.6 Å². The number of carbonyl (C=O) groups excluding carboxylic acids is 2. The Morgan fingerprint density at radius 1 is 1.00 bits per heavy atom. The van der Waals surface area contributed by atoms with Crippen molar-refractivity contribution in [3.63, 3.8) is 0 Å². The fourth-order valence-corrected chi connectivity index (χ4v) is 9.34. The number of carbonyl (C=O) groups is 2. The van der Waals surface area contributed by atoms with E-state index in [1.807, 2.05) is 18.2 Å². The van der Waals surface area contributed by atoms with E-state index >= 15 is 0 Å². The third-order valence-corrected chi connectivity index (χ3v) is 13.5. The van der Waals surface area contributed by atoms with Crippen LogP contribution >= 0.6 is 0 Å². The molecule has 2 atom stereocenters. The lowest BCUT2D eigenvalue weighted by Gasteiger charge is -2.43. The van der Waals surface area contributed by atoms with Gasteiger partial charge in [0.05, 0.1) is 18.2 Å². The Kier molecular flexibility index (Phi) is 10.4. The summed E-state index contributed by atoms with van der Waals surface area (Å²) in [5.74, 6) is 0.413. The number of piperazine rings is 1. The quantitative estimate of drug-likeness (QED) is 0.278. The predicted molar refractivity (Wildman–Crippen MR) is 199 cm³/mol. The van der Waals surface area contributed by atoms with Crippen molar-refractivity contribution in [2.24, 2.45) is 5.41 Å². The predicted octanol–water partition coefficient (Wildman–Crippen LogP) is 6.36. The molecule has 2 amide bonds. The Morgan fingerprint density at radius 3 is 2.30 bits per heavy atom. The minimum atomic E-state index is -3.98. The van der Waals surface area contributed by atoms with E-state index in [1.165, 1.54) is 26.1 Å². The first-order valence-electron chi connectivity index (χ1n) is 18.5. The second kappa shape index (κ2) is 14.3. The van der Waals surface area contributed by atoms with Gasteiger partial charge in [-0.2, -0.15) is 12.7 Å². The molecule has 1 aliphatic carbocycles. The number of hydrogen-bond acceptors (Lipinski definition) is 6. The molecule has 10 nitrogen and oxygen atoms in total. The lowest BCUT2D eigenvalue weighted by molar-refractivity contribution is -0.145. The Morgan fingerprint density at radius 2 is 1.68 bits per heavy atom. The number of fused-ring (bicyclic) bond motifs is 5. The summed E-state index contributed by atoms with van der Waals surface area (Å²) >= 11 is 0. The minimum absolute atomic E-state index is 0.136. The first kappa shape index (κ1) is 36.4. The molecule has 11 heteroatoms. The fraction of sp³-hybridized carbons (Fsp3) is 0.590. The molecular weight excluding hydrogens is 651 g/mol. The van der Waals surface area contributed by atoms with Crippen molar-refractivity contribution in [3.8, 4) is 17.0 Å². The van der Waals surface area contributed by atoms with Crippen LogP contribution in [0.4, 0.5) is 0 Å². The molecule has 1 saturated carbocycles. The fourth-order valence-electron chi connectivity index (χ4n) is 8.80. The second-order valence-electron chi connectivity index (χ2n) is 15.0. The zero-order chi connectivity index (χ0) is 36.0. The van der Waals surface area contributed by atoms with Crippen LogP contribution in [0.1, 0.15) is 106 Å². The molecule has 0 radical (unpaired) electrons. The molecule has 6 rings (SSSR count). The van der Waals surface area contributed by atoms with Crippen molar-refractivity contribution in [3.05, 3.63) is 53.1 Å². The van der Waals surface area contributed by atoms with Crippen molar-refractivity contribution < 1.29 is 22.7 Å². The molecule has 3 aliphatic rings. The number of methoxy groups -OCH3 is 1. The smallest absolute Gasteiger partial charge is 0.303 e. The van der Waals surface area contributed by atoms with Gasteiger partial charge in [-0.05, 0) is 85.9 Å². The van der Waals surface area contributed by atoms with Gasteiger partial charge in [0, 0.05) is 74.9 Å². The number of nitrogens with one attached hydrogen (secondary N) is 1. The summed E-state index contributed by atoms with van der Waals surface area (Å²) in [7, 11) is 0.476. The van der Waals surface area contributed by atoms with Crippen molar-refractivity contribution >= 4 is 32.9 Å². The average molecular weight is 706 g/mol. The SMILES string of the molecule is CCC(CC)N1CCN(C(=O)C2(C)Cn3c(c(C4CCCCC4)c4ccc(C(=O)NS(=O)(=O)N(C)C)cc43)-c3ccc(OC)cc3C2C)CC1. The molecule has 3 heterocycles. The second-order valence-corrected chi connectivity index (χ2v) is 16.9. The van der Waals surface area contributed by atoms with Crippen molar-refractivity contribution in [1.82, 2.24) is 23.4 Å². The van der Waals surface area contributed by atoms with Gasteiger partial charge in [-0.3, -0.25) is 14.5 Å². The van der Waals surface area contributed by atoms with Crippen LogP contribution in [0, 0.1) is 5.41 Å². The molecule has 2 aliphatic heterocycles. The zero-order valence-electron chi connectivity index (χ0n) is 30.9. The Bertz CT molecular complexity index is 1850. The third-order valence-electron chi connectivity index (χ3n) is 12.1. The van der Waals surface area contributed by atoms with Crippen LogP contribution in [0.15, 0.2) is 36.4 Å². The molecule has 0 spiro atoms. The molecule has 1 aromatic heterocycles. The van der Waals surface area contributed by atoms with Gasteiger partial charge in [-0.15, -0.1) is 0 Å². The number of rotatable bonds is 9. The Balaban J connectivity index is 1.52.